The summed E-state index contributed by atoms with van der Waals surface area (Å²) < 4.78 is 75.3. The Morgan fingerprint density at radius 2 is 1.77 bits per heavy atom. The number of alkyl halides is 5. The van der Waals surface area contributed by atoms with Crippen LogP contribution in [0.5, 0.6) is 0 Å². The molecule has 292 valence electrons. The molecule has 2 fully saturated rings. The number of pyridine rings is 1. The lowest BCUT2D eigenvalue weighted by atomic mass is 9.85. The highest BCUT2D eigenvalue weighted by atomic mass is 19.4. The smallest absolute Gasteiger partial charge is 0.321 e. The number of benzene rings is 2. The predicted molar refractivity (Wildman–Crippen MR) is 196 cm³/mol. The van der Waals surface area contributed by atoms with Crippen LogP contribution in [0.25, 0.3) is 27.5 Å². The lowest BCUT2D eigenvalue weighted by molar-refractivity contribution is -0.141. The molecule has 5 heterocycles. The van der Waals surface area contributed by atoms with E-state index in [2.05, 4.69) is 15.6 Å². The molecule has 1 saturated carbocycles. The maximum absolute atomic E-state index is 15.8. The number of rotatable bonds is 7. The van der Waals surface area contributed by atoms with Crippen molar-refractivity contribution in [1.82, 2.24) is 34.1 Å². The van der Waals surface area contributed by atoms with Gasteiger partial charge < -0.3 is 5.32 Å². The fourth-order valence-corrected chi connectivity index (χ4v) is 8.21. The zero-order chi connectivity index (χ0) is 39.5. The van der Waals surface area contributed by atoms with Crippen LogP contribution in [-0.4, -0.2) is 72.1 Å². The molecule has 2 N–H and O–H groups in total. The number of carbonyl (C=O) groups excluding carboxylic acids is 3. The van der Waals surface area contributed by atoms with Gasteiger partial charge in [-0.15, -0.1) is 0 Å². The maximum atomic E-state index is 15.8. The zero-order valence-corrected chi connectivity index (χ0v) is 30.2. The molecule has 1 atom stereocenters. The highest BCUT2D eigenvalue weighted by Gasteiger charge is 2.41. The summed E-state index contributed by atoms with van der Waals surface area (Å²) in [5.74, 6) is -4.67. The molecule has 17 heteroatoms. The van der Waals surface area contributed by atoms with Crippen LogP contribution in [0.2, 0.25) is 0 Å². The number of anilines is 1. The average molecular weight is 777 g/mol. The first kappa shape index (κ1) is 37.2. The molecule has 12 nitrogen and oxygen atoms in total. The van der Waals surface area contributed by atoms with E-state index < -0.39 is 53.8 Å². The van der Waals surface area contributed by atoms with Crippen molar-refractivity contribution >= 4 is 50.9 Å². The summed E-state index contributed by atoms with van der Waals surface area (Å²) >= 11 is 0. The molecule has 56 heavy (non-hydrogen) atoms. The minimum absolute atomic E-state index is 0.0935. The van der Waals surface area contributed by atoms with Gasteiger partial charge in [0, 0.05) is 49.4 Å². The molecule has 3 amide bonds. The lowest BCUT2D eigenvalue weighted by Crippen LogP contribution is -2.44. The van der Waals surface area contributed by atoms with Gasteiger partial charge in [-0.2, -0.15) is 27.1 Å². The van der Waals surface area contributed by atoms with Crippen LogP contribution in [0.15, 0.2) is 71.7 Å². The van der Waals surface area contributed by atoms with Gasteiger partial charge in [-0.1, -0.05) is 18.2 Å². The molecular weight excluding hydrogens is 739 g/mol. The fraction of sp³-hybridized carbons (Fsp3) is 0.385. The number of nitrogens with zero attached hydrogens (tertiary/aromatic N) is 6. The summed E-state index contributed by atoms with van der Waals surface area (Å²) in [5, 5.41) is 10.3. The molecule has 8 rings (SSSR count). The number of fused-ring (bicyclic) bond motifs is 2. The molecule has 3 aromatic heterocycles. The quantitative estimate of drug-likeness (QED) is 0.151. The van der Waals surface area contributed by atoms with Crippen molar-refractivity contribution in [2.45, 2.75) is 62.7 Å². The number of piperidine rings is 1. The van der Waals surface area contributed by atoms with Crippen LogP contribution < -0.4 is 16.3 Å². The second-order valence-corrected chi connectivity index (χ2v) is 14.8. The maximum Gasteiger partial charge on any atom is 0.433 e. The summed E-state index contributed by atoms with van der Waals surface area (Å²) in [7, 11) is 1.53. The van der Waals surface area contributed by atoms with Crippen LogP contribution in [0, 0.1) is 5.92 Å². The SMILES string of the molecule is Cn1c(=O)n(C2CCC(=O)NC2=O)c2ccc(C3=CCN(C[C@H]4CC[C@H](n5cc6cc(NC(=O)c7cccc(C(F)(F)F)n7)ccc6n5)CC4)CC3(F)F)cc21. The Balaban J connectivity index is 0.890. The number of hydrogen-bond donors (Lipinski definition) is 2. The molecule has 2 aliphatic heterocycles. The van der Waals surface area contributed by atoms with Gasteiger partial charge in [-0.25, -0.2) is 9.78 Å². The Morgan fingerprint density at radius 3 is 2.50 bits per heavy atom. The Morgan fingerprint density at radius 1 is 0.982 bits per heavy atom. The summed E-state index contributed by atoms with van der Waals surface area (Å²) in [6.07, 6.45) is 2.25. The minimum Gasteiger partial charge on any atom is -0.321 e. The summed E-state index contributed by atoms with van der Waals surface area (Å²) in [6, 6.07) is 12.1. The van der Waals surface area contributed by atoms with Gasteiger partial charge in [-0.3, -0.25) is 38.4 Å². The predicted octanol–water partition coefficient (Wildman–Crippen LogP) is 6.10. The van der Waals surface area contributed by atoms with Crippen LogP contribution in [0.4, 0.5) is 27.6 Å². The van der Waals surface area contributed by atoms with E-state index in [1.54, 1.807) is 47.4 Å². The molecule has 1 aliphatic carbocycles. The second-order valence-electron chi connectivity index (χ2n) is 14.8. The van der Waals surface area contributed by atoms with E-state index in [1.165, 1.54) is 22.2 Å². The number of imidazole rings is 1. The minimum atomic E-state index is -4.67. The van der Waals surface area contributed by atoms with Crippen molar-refractivity contribution in [1.29, 1.82) is 0 Å². The largest absolute Gasteiger partial charge is 0.433 e. The molecular formula is C39H37F5N8O4. The monoisotopic (exact) mass is 776 g/mol. The summed E-state index contributed by atoms with van der Waals surface area (Å²) in [4.78, 5) is 55.2. The molecule has 0 bridgehead atoms. The standard InChI is InChI=1S/C39H37F5N8O4/c1-49-32-18-23(7-12-30(32)52(37(49)56)31-13-14-34(53)47-36(31)55)27-15-16-50(21-38(27,40)41)19-22-5-9-26(10-6-22)51-20-24-17-25(8-11-28(24)48-51)45-35(54)29-3-2-4-33(46-29)39(42,43)44/h2-4,7-8,11-12,15,17-18,20,22,26,31H,5-6,9-10,13-14,16,19,21H2,1H3,(H,45,54)(H,47,53,55)/t22-,26-,31?. The molecule has 1 saturated heterocycles. The van der Waals surface area contributed by atoms with E-state index in [0.29, 0.717) is 40.9 Å². The highest BCUT2D eigenvalue weighted by molar-refractivity contribution is 6.04. The molecule has 5 aromatic rings. The van der Waals surface area contributed by atoms with Crippen molar-refractivity contribution in [2.24, 2.45) is 13.0 Å². The summed E-state index contributed by atoms with van der Waals surface area (Å²) in [5.41, 5.74) is 0.129. The highest BCUT2D eigenvalue weighted by Crippen LogP contribution is 2.39. The van der Waals surface area contributed by atoms with Crippen LogP contribution >= 0.6 is 0 Å². The second kappa shape index (κ2) is 14.1. The van der Waals surface area contributed by atoms with Crippen molar-refractivity contribution in [2.75, 3.05) is 25.0 Å². The number of carbonyl (C=O) groups is 3. The van der Waals surface area contributed by atoms with Gasteiger partial charge in [0.25, 0.3) is 11.8 Å². The molecule has 3 aliphatic rings. The third-order valence-corrected chi connectivity index (χ3v) is 11.1. The van der Waals surface area contributed by atoms with Gasteiger partial charge in [0.15, 0.2) is 0 Å². The van der Waals surface area contributed by atoms with Gasteiger partial charge in [0.1, 0.15) is 17.4 Å². The number of hydrogen-bond acceptors (Lipinski definition) is 7. The normalized spacial score (nSPS) is 22.0. The van der Waals surface area contributed by atoms with Crippen molar-refractivity contribution < 1.29 is 36.3 Å². The average Bonchev–Trinajstić information content (AvgIpc) is 3.69. The summed E-state index contributed by atoms with van der Waals surface area (Å²) in [6.45, 7) is 0.409. The number of amides is 3. The zero-order valence-electron chi connectivity index (χ0n) is 30.2. The Kier molecular flexibility index (Phi) is 9.37. The van der Waals surface area contributed by atoms with E-state index in [1.807, 2.05) is 10.9 Å². The first-order valence-electron chi connectivity index (χ1n) is 18.3. The van der Waals surface area contributed by atoms with Crippen LogP contribution in [0.3, 0.4) is 0 Å². The van der Waals surface area contributed by atoms with Crippen LogP contribution in [-0.2, 0) is 22.8 Å². The van der Waals surface area contributed by atoms with E-state index in [9.17, 15) is 32.3 Å². The number of aromatic nitrogens is 5. The van der Waals surface area contributed by atoms with Crippen LogP contribution in [0.1, 0.15) is 72.4 Å². The molecule has 0 spiro atoms. The van der Waals surface area contributed by atoms with Gasteiger partial charge in [0.05, 0.1) is 29.1 Å². The first-order chi connectivity index (χ1) is 26.6. The first-order valence-corrected chi connectivity index (χ1v) is 18.3. The van der Waals surface area contributed by atoms with E-state index in [0.717, 1.165) is 43.2 Å². The van der Waals surface area contributed by atoms with Gasteiger partial charge in [-0.05, 0) is 86.1 Å². The Labute approximate surface area is 316 Å². The molecule has 1 unspecified atom stereocenters. The number of halogens is 5. The van der Waals surface area contributed by atoms with E-state index in [-0.39, 0.29) is 36.1 Å². The lowest BCUT2D eigenvalue weighted by Gasteiger charge is -2.37. The third kappa shape index (κ3) is 7.10. The molecule has 0 radical (unpaired) electrons. The fourth-order valence-electron chi connectivity index (χ4n) is 8.21. The van der Waals surface area contributed by atoms with E-state index in [4.69, 9.17) is 5.10 Å². The number of nitrogens with one attached hydrogen (secondary N) is 2. The molecule has 2 aromatic carbocycles. The van der Waals surface area contributed by atoms with Crippen molar-refractivity contribution in [3.05, 3.63) is 94.3 Å². The number of imide groups is 1. The van der Waals surface area contributed by atoms with Gasteiger partial charge in [0.2, 0.25) is 11.8 Å². The Bertz CT molecular complexity index is 2480. The van der Waals surface area contributed by atoms with Gasteiger partial charge >= 0.3 is 11.9 Å². The Hall–Kier alpha value is -5.71. The number of aryl methyl sites for hydroxylation is 1. The topological polar surface area (TPSA) is 136 Å². The van der Waals surface area contributed by atoms with Crippen molar-refractivity contribution in [3.8, 4) is 0 Å². The van der Waals surface area contributed by atoms with Crippen molar-refractivity contribution in [3.63, 3.8) is 0 Å². The van der Waals surface area contributed by atoms with E-state index >= 15 is 8.78 Å². The third-order valence-electron chi connectivity index (χ3n) is 11.1.